The van der Waals surface area contributed by atoms with Gasteiger partial charge in [0.1, 0.15) is 6.26 Å². The van der Waals surface area contributed by atoms with Crippen molar-refractivity contribution in [2.45, 2.75) is 0 Å². The molecule has 51 valence electrons. The quantitative estimate of drug-likeness (QED) is 0.564. The molecule has 0 saturated carbocycles. The second kappa shape index (κ2) is 2.14. The Labute approximate surface area is 63.7 Å². The molecule has 0 atom stereocenters. The van der Waals surface area contributed by atoms with E-state index in [1.54, 1.807) is 6.07 Å². The molecule has 0 unspecified atom stereocenters. The van der Waals surface area contributed by atoms with E-state index in [9.17, 15) is 0 Å². The summed E-state index contributed by atoms with van der Waals surface area (Å²) in [4.78, 5) is 0. The molecule has 2 aromatic rings. The Morgan fingerprint density at radius 2 is 2.36 bits per heavy atom. The van der Waals surface area contributed by atoms with Gasteiger partial charge in [-0.25, -0.2) is 0 Å². The number of rotatable bonds is 0. The monoisotopic (exact) mass is 142 g/mol. The van der Waals surface area contributed by atoms with Crippen LogP contribution in [-0.2, 0) is 0 Å². The number of hydrogen-bond acceptors (Lipinski definition) is 2. The summed E-state index contributed by atoms with van der Waals surface area (Å²) in [6.07, 6.45) is 4.20. The highest BCUT2D eigenvalue weighted by molar-refractivity contribution is 5.86. The molecule has 11 heavy (non-hydrogen) atoms. The topological polar surface area (TPSA) is 36.9 Å². The Kier molecular flexibility index (Phi) is 1.16. The first-order valence-electron chi connectivity index (χ1n) is 3.20. The van der Waals surface area contributed by atoms with E-state index in [4.69, 9.17) is 9.68 Å². The lowest BCUT2D eigenvalue weighted by Gasteiger charge is -1.87. The standard InChI is InChI=1S/C9H4NO/c10-4-7-2-1-3-8-5-11-6-9(7)8/h1-3,6H. The maximum atomic E-state index is 8.65. The summed E-state index contributed by atoms with van der Waals surface area (Å²) >= 11 is 0. The fourth-order valence-corrected chi connectivity index (χ4v) is 1.03. The van der Waals surface area contributed by atoms with Crippen molar-refractivity contribution < 1.29 is 4.42 Å². The molecule has 0 aliphatic heterocycles. The van der Waals surface area contributed by atoms with Crippen LogP contribution in [0.15, 0.2) is 28.9 Å². The SMILES string of the molecule is N#Cc1cccc2[c]occ12. The Balaban J connectivity index is 2.92. The molecular formula is C9H4NO. The van der Waals surface area contributed by atoms with Crippen molar-refractivity contribution in [3.8, 4) is 6.07 Å². The third kappa shape index (κ3) is 0.786. The molecule has 0 aliphatic carbocycles. The van der Waals surface area contributed by atoms with Gasteiger partial charge in [0.15, 0.2) is 6.26 Å². The molecule has 1 aromatic carbocycles. The van der Waals surface area contributed by atoms with Gasteiger partial charge in [-0.15, -0.1) is 0 Å². The van der Waals surface area contributed by atoms with E-state index in [0.717, 1.165) is 10.8 Å². The third-order valence-corrected chi connectivity index (χ3v) is 1.57. The van der Waals surface area contributed by atoms with Crippen molar-refractivity contribution in [3.63, 3.8) is 0 Å². The van der Waals surface area contributed by atoms with Crippen molar-refractivity contribution in [1.82, 2.24) is 0 Å². The van der Waals surface area contributed by atoms with E-state index in [1.807, 2.05) is 12.1 Å². The predicted octanol–water partition coefficient (Wildman–Crippen LogP) is 2.10. The molecule has 1 heterocycles. The molecule has 1 aromatic heterocycles. The molecule has 0 fully saturated rings. The fraction of sp³-hybridized carbons (Fsp3) is 0. The number of fused-ring (bicyclic) bond motifs is 1. The van der Waals surface area contributed by atoms with Crippen molar-refractivity contribution in [3.05, 3.63) is 36.3 Å². The van der Waals surface area contributed by atoms with Crippen molar-refractivity contribution in [2.24, 2.45) is 0 Å². The van der Waals surface area contributed by atoms with Crippen molar-refractivity contribution >= 4 is 10.8 Å². The van der Waals surface area contributed by atoms with Gasteiger partial charge in [0.25, 0.3) is 0 Å². The predicted molar refractivity (Wildman–Crippen MR) is 39.8 cm³/mol. The summed E-state index contributed by atoms with van der Waals surface area (Å²) in [6.45, 7) is 0. The summed E-state index contributed by atoms with van der Waals surface area (Å²) in [6, 6.07) is 7.50. The van der Waals surface area contributed by atoms with E-state index in [1.165, 1.54) is 6.26 Å². The lowest BCUT2D eigenvalue weighted by molar-refractivity contribution is 0.563. The Bertz CT molecular complexity index is 422. The van der Waals surface area contributed by atoms with Crippen LogP contribution in [0.3, 0.4) is 0 Å². The minimum absolute atomic E-state index is 0.632. The summed E-state index contributed by atoms with van der Waals surface area (Å²) in [5, 5.41) is 10.3. The maximum absolute atomic E-state index is 8.65. The van der Waals surface area contributed by atoms with Crippen LogP contribution in [0.5, 0.6) is 0 Å². The summed E-state index contributed by atoms with van der Waals surface area (Å²) < 4.78 is 4.83. The molecule has 1 radical (unpaired) electrons. The Morgan fingerprint density at radius 3 is 3.18 bits per heavy atom. The highest BCUT2D eigenvalue weighted by atomic mass is 16.3. The third-order valence-electron chi connectivity index (χ3n) is 1.57. The normalized spacial score (nSPS) is 9.73. The number of furan rings is 1. The van der Waals surface area contributed by atoms with E-state index < -0.39 is 0 Å². The molecule has 2 nitrogen and oxygen atoms in total. The fourth-order valence-electron chi connectivity index (χ4n) is 1.03. The van der Waals surface area contributed by atoms with Gasteiger partial charge in [0.05, 0.1) is 11.6 Å². The molecule has 0 N–H and O–H groups in total. The molecular weight excluding hydrogens is 138 g/mol. The van der Waals surface area contributed by atoms with Gasteiger partial charge in [-0.1, -0.05) is 12.1 Å². The summed E-state index contributed by atoms with van der Waals surface area (Å²) in [5.41, 5.74) is 0.632. The lowest BCUT2D eigenvalue weighted by Crippen LogP contribution is -1.72. The van der Waals surface area contributed by atoms with Gasteiger partial charge in [0.2, 0.25) is 0 Å². The molecule has 0 aliphatic rings. The van der Waals surface area contributed by atoms with E-state index in [0.29, 0.717) is 5.56 Å². The maximum Gasteiger partial charge on any atom is 0.177 e. The average molecular weight is 142 g/mol. The number of nitrogens with zero attached hydrogens (tertiary/aromatic N) is 1. The molecule has 2 heteroatoms. The lowest BCUT2D eigenvalue weighted by atomic mass is 10.1. The number of hydrogen-bond donors (Lipinski definition) is 0. The minimum Gasteiger partial charge on any atom is -0.460 e. The Morgan fingerprint density at radius 1 is 1.45 bits per heavy atom. The largest absolute Gasteiger partial charge is 0.460 e. The van der Waals surface area contributed by atoms with Gasteiger partial charge in [0, 0.05) is 10.8 Å². The van der Waals surface area contributed by atoms with E-state index >= 15 is 0 Å². The van der Waals surface area contributed by atoms with Crippen LogP contribution in [0.25, 0.3) is 10.8 Å². The highest BCUT2D eigenvalue weighted by Crippen LogP contribution is 2.17. The molecule has 2 rings (SSSR count). The summed E-state index contributed by atoms with van der Waals surface area (Å²) in [5.74, 6) is 0. The van der Waals surface area contributed by atoms with Gasteiger partial charge in [-0.05, 0) is 6.07 Å². The smallest absolute Gasteiger partial charge is 0.177 e. The van der Waals surface area contributed by atoms with E-state index in [2.05, 4.69) is 12.3 Å². The second-order valence-electron chi connectivity index (χ2n) is 2.22. The summed E-state index contributed by atoms with van der Waals surface area (Å²) in [7, 11) is 0. The van der Waals surface area contributed by atoms with Crippen LogP contribution < -0.4 is 0 Å². The first kappa shape index (κ1) is 5.99. The van der Waals surface area contributed by atoms with E-state index in [-0.39, 0.29) is 0 Å². The van der Waals surface area contributed by atoms with Crippen LogP contribution >= 0.6 is 0 Å². The minimum atomic E-state index is 0.632. The average Bonchev–Trinajstić information content (AvgIpc) is 2.50. The van der Waals surface area contributed by atoms with Crippen LogP contribution in [0.1, 0.15) is 5.56 Å². The van der Waals surface area contributed by atoms with Gasteiger partial charge < -0.3 is 4.42 Å². The molecule has 0 saturated heterocycles. The zero-order valence-electron chi connectivity index (χ0n) is 5.66. The van der Waals surface area contributed by atoms with Crippen LogP contribution in [0.4, 0.5) is 0 Å². The van der Waals surface area contributed by atoms with Crippen LogP contribution in [0.2, 0.25) is 0 Å². The van der Waals surface area contributed by atoms with Gasteiger partial charge in [-0.2, -0.15) is 5.26 Å². The number of benzene rings is 1. The molecule has 0 bridgehead atoms. The molecule has 0 amide bonds. The zero-order chi connectivity index (χ0) is 7.68. The number of nitriles is 1. The highest BCUT2D eigenvalue weighted by Gasteiger charge is 2.00. The first-order valence-corrected chi connectivity index (χ1v) is 3.20. The van der Waals surface area contributed by atoms with Crippen LogP contribution in [0, 0.1) is 17.6 Å². The van der Waals surface area contributed by atoms with Crippen molar-refractivity contribution in [2.75, 3.05) is 0 Å². The zero-order valence-corrected chi connectivity index (χ0v) is 5.66. The first-order chi connectivity index (χ1) is 5.42. The van der Waals surface area contributed by atoms with Crippen LogP contribution in [-0.4, -0.2) is 0 Å². The van der Waals surface area contributed by atoms with Gasteiger partial charge >= 0.3 is 0 Å². The second-order valence-corrected chi connectivity index (χ2v) is 2.22. The Hall–Kier alpha value is -1.75. The van der Waals surface area contributed by atoms with Crippen molar-refractivity contribution in [1.29, 1.82) is 5.26 Å². The molecule has 0 spiro atoms. The van der Waals surface area contributed by atoms with Gasteiger partial charge in [-0.3, -0.25) is 0 Å².